The Labute approximate surface area is 257 Å². The lowest BCUT2D eigenvalue weighted by atomic mass is 9.97. The van der Waals surface area contributed by atoms with E-state index < -0.39 is 10.0 Å². The van der Waals surface area contributed by atoms with Crippen molar-refractivity contribution in [3.8, 4) is 5.75 Å². The second-order valence-electron chi connectivity index (χ2n) is 11.2. The number of halogens is 1. The first-order valence-electron chi connectivity index (χ1n) is 14.7. The highest BCUT2D eigenvalue weighted by Crippen LogP contribution is 2.39. The third-order valence-electron chi connectivity index (χ3n) is 8.50. The molecule has 0 radical (unpaired) electrons. The number of hydrogen-bond donors (Lipinski definition) is 1. The van der Waals surface area contributed by atoms with Gasteiger partial charge in [0.25, 0.3) is 15.9 Å². The first kappa shape index (κ1) is 29.3. The number of nitrogens with one attached hydrogen (secondary N) is 1. The van der Waals surface area contributed by atoms with Gasteiger partial charge in [0.15, 0.2) is 0 Å². The topological polar surface area (TPSA) is 91.8 Å². The second-order valence-corrected chi connectivity index (χ2v) is 13.2. The zero-order chi connectivity index (χ0) is 30.0. The van der Waals surface area contributed by atoms with Crippen LogP contribution >= 0.6 is 11.6 Å². The predicted octanol–water partition coefficient (Wildman–Crippen LogP) is 6.71. The Morgan fingerprint density at radius 3 is 2.56 bits per heavy atom. The van der Waals surface area contributed by atoms with E-state index in [2.05, 4.69) is 32.8 Å². The molecule has 1 amide bonds. The quantitative estimate of drug-likeness (QED) is 0.248. The van der Waals surface area contributed by atoms with Gasteiger partial charge < -0.3 is 14.5 Å². The Bertz CT molecular complexity index is 1750. The number of benzene rings is 3. The first-order valence-corrected chi connectivity index (χ1v) is 16.6. The third kappa shape index (κ3) is 6.15. The molecule has 0 unspecified atom stereocenters. The molecule has 2 fully saturated rings. The van der Waals surface area contributed by atoms with Gasteiger partial charge in [0.1, 0.15) is 10.6 Å². The van der Waals surface area contributed by atoms with Gasteiger partial charge in [-0.1, -0.05) is 48.7 Å². The van der Waals surface area contributed by atoms with Gasteiger partial charge in [0, 0.05) is 43.3 Å². The Morgan fingerprint density at radius 2 is 1.77 bits per heavy atom. The maximum atomic E-state index is 13.5. The zero-order valence-electron chi connectivity index (χ0n) is 24.1. The molecule has 1 aromatic heterocycles. The molecular weight excluding hydrogens is 584 g/mol. The number of anilines is 2. The maximum absolute atomic E-state index is 13.5. The summed E-state index contributed by atoms with van der Waals surface area (Å²) in [4.78, 5) is 21.9. The summed E-state index contributed by atoms with van der Waals surface area (Å²) in [5.74, 6) is 1.36. The molecule has 1 N–H and O–H groups in total. The number of amides is 1. The first-order chi connectivity index (χ1) is 20.8. The normalized spacial score (nSPS) is 16.3. The van der Waals surface area contributed by atoms with Gasteiger partial charge in [-0.05, 0) is 73.2 Å². The average molecular weight is 619 g/mol. The van der Waals surface area contributed by atoms with Gasteiger partial charge in [0.05, 0.1) is 29.0 Å². The second kappa shape index (κ2) is 12.4. The minimum atomic E-state index is -3.97. The van der Waals surface area contributed by atoms with E-state index in [9.17, 15) is 13.2 Å². The van der Waals surface area contributed by atoms with Crippen LogP contribution < -0.4 is 14.4 Å². The Morgan fingerprint density at radius 1 is 0.953 bits per heavy atom. The van der Waals surface area contributed by atoms with Crippen LogP contribution in [0.3, 0.4) is 0 Å². The van der Waals surface area contributed by atoms with Crippen LogP contribution in [0.5, 0.6) is 5.75 Å². The number of para-hydroxylation sites is 1. The van der Waals surface area contributed by atoms with Crippen molar-refractivity contribution in [1.82, 2.24) is 9.88 Å². The molecule has 2 heterocycles. The molecule has 3 aromatic carbocycles. The van der Waals surface area contributed by atoms with E-state index in [4.69, 9.17) is 16.3 Å². The predicted molar refractivity (Wildman–Crippen MR) is 171 cm³/mol. The molecule has 8 nitrogen and oxygen atoms in total. The minimum absolute atomic E-state index is 0.0562. The van der Waals surface area contributed by atoms with Crippen molar-refractivity contribution in [3.63, 3.8) is 0 Å². The highest BCUT2D eigenvalue weighted by molar-refractivity contribution is 7.93. The van der Waals surface area contributed by atoms with Crippen molar-refractivity contribution in [2.45, 2.75) is 42.9 Å². The number of carbonyl (C=O) groups excluding carboxylic acids is 1. The van der Waals surface area contributed by atoms with Crippen LogP contribution in [-0.2, 0) is 10.0 Å². The fourth-order valence-corrected chi connectivity index (χ4v) is 7.78. The highest BCUT2D eigenvalue weighted by atomic mass is 35.5. The van der Waals surface area contributed by atoms with Gasteiger partial charge in [-0.2, -0.15) is 0 Å². The van der Waals surface area contributed by atoms with Crippen LogP contribution in [0.25, 0.3) is 10.9 Å². The molecule has 4 aromatic rings. The van der Waals surface area contributed by atoms with Gasteiger partial charge >= 0.3 is 0 Å². The van der Waals surface area contributed by atoms with E-state index in [0.29, 0.717) is 42.0 Å². The zero-order valence-corrected chi connectivity index (χ0v) is 25.7. The van der Waals surface area contributed by atoms with Gasteiger partial charge in [-0.15, -0.1) is 0 Å². The number of nitrogens with zero attached hydrogens (tertiary/aromatic N) is 3. The van der Waals surface area contributed by atoms with Crippen LogP contribution in [0.2, 0.25) is 5.02 Å². The van der Waals surface area contributed by atoms with E-state index in [1.807, 2.05) is 4.90 Å². The number of fused-ring (bicyclic) bond motifs is 1. The summed E-state index contributed by atoms with van der Waals surface area (Å²) in [6, 6.07) is 19.8. The summed E-state index contributed by atoms with van der Waals surface area (Å²) in [7, 11) is -2.26. The lowest BCUT2D eigenvalue weighted by Gasteiger charge is -2.26. The number of rotatable bonds is 7. The van der Waals surface area contributed by atoms with E-state index in [-0.39, 0.29) is 21.5 Å². The van der Waals surface area contributed by atoms with Crippen molar-refractivity contribution in [2.75, 3.05) is 42.9 Å². The monoisotopic (exact) mass is 618 g/mol. The van der Waals surface area contributed by atoms with Crippen LogP contribution in [0.1, 0.15) is 53.9 Å². The summed E-state index contributed by atoms with van der Waals surface area (Å²) in [6.07, 6.45) is 7.42. The lowest BCUT2D eigenvalue weighted by molar-refractivity contribution is 0.0767. The smallest absolute Gasteiger partial charge is 0.264 e. The molecule has 6 rings (SSSR count). The molecular formula is C33H35ClN4O4S. The Kier molecular flexibility index (Phi) is 8.45. The fraction of sp³-hybridized carbons (Fsp3) is 0.333. The van der Waals surface area contributed by atoms with Crippen LogP contribution in [0.15, 0.2) is 77.8 Å². The van der Waals surface area contributed by atoms with Gasteiger partial charge in [0.2, 0.25) is 0 Å². The van der Waals surface area contributed by atoms with Crippen LogP contribution in [-0.4, -0.2) is 57.5 Å². The van der Waals surface area contributed by atoms with E-state index in [1.165, 1.54) is 49.4 Å². The molecule has 1 aliphatic heterocycles. The number of aromatic nitrogens is 1. The molecule has 0 spiro atoms. The highest BCUT2D eigenvalue weighted by Gasteiger charge is 2.25. The number of ether oxygens (including phenoxy) is 1. The molecule has 224 valence electrons. The van der Waals surface area contributed by atoms with Crippen molar-refractivity contribution in [1.29, 1.82) is 0 Å². The molecule has 0 atom stereocenters. The summed E-state index contributed by atoms with van der Waals surface area (Å²) in [5, 5.41) is 0.860. The largest absolute Gasteiger partial charge is 0.495 e. The number of sulfonamides is 1. The molecule has 43 heavy (non-hydrogen) atoms. The summed E-state index contributed by atoms with van der Waals surface area (Å²) >= 11 is 6.52. The Hall–Kier alpha value is -3.82. The van der Waals surface area contributed by atoms with Gasteiger partial charge in [-0.3, -0.25) is 14.5 Å². The number of methoxy groups -OCH3 is 1. The summed E-state index contributed by atoms with van der Waals surface area (Å²) < 4.78 is 34.9. The number of carbonyl (C=O) groups is 1. The summed E-state index contributed by atoms with van der Waals surface area (Å²) in [5.41, 5.74) is 3.38. The van der Waals surface area contributed by atoms with Gasteiger partial charge in [-0.25, -0.2) is 8.42 Å². The van der Waals surface area contributed by atoms with Crippen molar-refractivity contribution in [3.05, 3.63) is 89.1 Å². The lowest BCUT2D eigenvalue weighted by Crippen LogP contribution is -2.35. The maximum Gasteiger partial charge on any atom is 0.264 e. The van der Waals surface area contributed by atoms with E-state index in [1.54, 1.807) is 43.6 Å². The van der Waals surface area contributed by atoms with E-state index in [0.717, 1.165) is 24.4 Å². The number of pyridine rings is 1. The SMILES string of the molecule is COc1cc(C2CCCC2)ccc1N1CCCN(C(=O)c2ccc(NS(=O)(=O)c3cccc4cccnc34)c(Cl)c2)CC1. The van der Waals surface area contributed by atoms with Crippen molar-refractivity contribution >= 4 is 49.8 Å². The minimum Gasteiger partial charge on any atom is -0.495 e. The van der Waals surface area contributed by atoms with Crippen molar-refractivity contribution < 1.29 is 17.9 Å². The van der Waals surface area contributed by atoms with Crippen LogP contribution in [0, 0.1) is 0 Å². The molecule has 1 aliphatic carbocycles. The Balaban J connectivity index is 1.14. The third-order valence-corrected chi connectivity index (χ3v) is 10.2. The molecule has 2 aliphatic rings. The number of hydrogen-bond acceptors (Lipinski definition) is 6. The van der Waals surface area contributed by atoms with Crippen molar-refractivity contribution in [2.24, 2.45) is 0 Å². The average Bonchev–Trinajstić information content (AvgIpc) is 3.46. The molecule has 1 saturated heterocycles. The summed E-state index contributed by atoms with van der Waals surface area (Å²) in [6.45, 7) is 2.65. The standard InChI is InChI=1S/C33H35ClN4O4S/c1-42-30-22-25(23-7-2-3-8-23)13-15-29(30)37-17-6-18-38(20-19-37)33(39)26-12-14-28(27(34)21-26)36-43(40,41)31-11-4-9-24-10-5-16-35-32(24)31/h4-5,9-16,21-23,36H,2-3,6-8,17-20H2,1H3. The molecule has 10 heteroatoms. The molecule has 0 bridgehead atoms. The van der Waals surface area contributed by atoms with Crippen LogP contribution in [0.4, 0.5) is 11.4 Å². The molecule has 1 saturated carbocycles. The fourth-order valence-electron chi connectivity index (χ4n) is 6.24. The van der Waals surface area contributed by atoms with E-state index >= 15 is 0 Å².